The zero-order valence-electron chi connectivity index (χ0n) is 16.5. The zero-order valence-corrected chi connectivity index (χ0v) is 17.3. The van der Waals surface area contributed by atoms with Crippen molar-refractivity contribution < 1.29 is 14.0 Å². The predicted molar refractivity (Wildman–Crippen MR) is 113 cm³/mol. The second-order valence-corrected chi connectivity index (χ2v) is 7.74. The Labute approximate surface area is 175 Å². The fourth-order valence-electron chi connectivity index (χ4n) is 3.11. The van der Waals surface area contributed by atoms with E-state index in [4.69, 9.17) is 16.0 Å². The quantitative estimate of drug-likeness (QED) is 0.534. The lowest BCUT2D eigenvalue weighted by Gasteiger charge is -2.20. The largest absolute Gasteiger partial charge is 0.440 e. The Kier molecular flexibility index (Phi) is 6.93. The van der Waals surface area contributed by atoms with Crippen LogP contribution in [0.25, 0.3) is 0 Å². The first-order chi connectivity index (χ1) is 13.9. The van der Waals surface area contributed by atoms with Gasteiger partial charge in [-0.05, 0) is 49.1 Å². The van der Waals surface area contributed by atoms with Gasteiger partial charge in [0.25, 0.3) is 11.8 Å². The van der Waals surface area contributed by atoms with Crippen molar-refractivity contribution in [2.24, 2.45) is 11.0 Å². The van der Waals surface area contributed by atoms with Crippen LogP contribution in [0.2, 0.25) is 5.02 Å². The first kappa shape index (κ1) is 20.9. The molecule has 2 amide bonds. The number of hydrogen-bond donors (Lipinski definition) is 2. The molecule has 154 valence electrons. The molecule has 2 aromatic rings. The van der Waals surface area contributed by atoms with Gasteiger partial charge in [0, 0.05) is 29.7 Å². The Hall–Kier alpha value is -2.80. The van der Waals surface area contributed by atoms with E-state index in [9.17, 15) is 9.59 Å². The van der Waals surface area contributed by atoms with Crippen molar-refractivity contribution in [2.75, 3.05) is 18.0 Å². The molecule has 0 saturated carbocycles. The van der Waals surface area contributed by atoms with Crippen molar-refractivity contribution in [2.45, 2.75) is 32.7 Å². The van der Waals surface area contributed by atoms with Crippen molar-refractivity contribution in [1.29, 1.82) is 0 Å². The number of benzene rings is 1. The molecular formula is C21H25ClN4O3. The smallest absolute Gasteiger partial charge is 0.262 e. The van der Waals surface area contributed by atoms with Gasteiger partial charge in [-0.2, -0.15) is 5.10 Å². The van der Waals surface area contributed by atoms with Gasteiger partial charge in [-0.15, -0.1) is 0 Å². The van der Waals surface area contributed by atoms with E-state index in [1.165, 1.54) is 19.1 Å². The van der Waals surface area contributed by atoms with Gasteiger partial charge in [-0.3, -0.25) is 9.59 Å². The number of furan rings is 1. The molecule has 0 aliphatic carbocycles. The molecule has 1 atom stereocenters. The van der Waals surface area contributed by atoms with Crippen LogP contribution in [-0.4, -0.2) is 37.2 Å². The van der Waals surface area contributed by atoms with Gasteiger partial charge in [0.2, 0.25) is 0 Å². The number of halogens is 1. The van der Waals surface area contributed by atoms with Crippen LogP contribution >= 0.6 is 11.6 Å². The van der Waals surface area contributed by atoms with Gasteiger partial charge < -0.3 is 14.6 Å². The number of nitrogens with one attached hydrogen (secondary N) is 2. The molecule has 2 N–H and O–H groups in total. The standard InChI is InChI=1S/C21H25ClN4O3/c1-14(2)19(24-20(27)15-5-7-16(22)8-6-15)21(28)25-23-13-17-9-10-18(29-17)26-11-3-4-12-26/h5-10,13-14,19H,3-4,11-12H2,1-2H3,(H,24,27)(H,25,28). The van der Waals surface area contributed by atoms with Crippen LogP contribution in [0.3, 0.4) is 0 Å². The van der Waals surface area contributed by atoms with Gasteiger partial charge in [0.05, 0.1) is 6.21 Å². The lowest BCUT2D eigenvalue weighted by Crippen LogP contribution is -2.48. The Morgan fingerprint density at radius 1 is 1.14 bits per heavy atom. The summed E-state index contributed by atoms with van der Waals surface area (Å²) < 4.78 is 5.73. The minimum Gasteiger partial charge on any atom is -0.440 e. The van der Waals surface area contributed by atoms with Crippen LogP contribution in [-0.2, 0) is 4.79 Å². The average Bonchev–Trinajstić information content (AvgIpc) is 3.37. The molecule has 1 aliphatic rings. The topological polar surface area (TPSA) is 86.9 Å². The summed E-state index contributed by atoms with van der Waals surface area (Å²) in [5.41, 5.74) is 2.91. The van der Waals surface area contributed by atoms with Gasteiger partial charge in [-0.1, -0.05) is 25.4 Å². The molecule has 1 fully saturated rings. The summed E-state index contributed by atoms with van der Waals surface area (Å²) in [7, 11) is 0. The molecule has 3 rings (SSSR count). The van der Waals surface area contributed by atoms with Crippen LogP contribution in [0, 0.1) is 5.92 Å². The molecule has 8 heteroatoms. The van der Waals surface area contributed by atoms with Crippen LogP contribution in [0.5, 0.6) is 0 Å². The van der Waals surface area contributed by atoms with Crippen molar-refractivity contribution in [3.8, 4) is 0 Å². The van der Waals surface area contributed by atoms with E-state index in [2.05, 4.69) is 20.7 Å². The molecule has 0 radical (unpaired) electrons. The van der Waals surface area contributed by atoms with E-state index < -0.39 is 11.9 Å². The average molecular weight is 417 g/mol. The highest BCUT2D eigenvalue weighted by molar-refractivity contribution is 6.30. The number of hydrazone groups is 1. The number of amides is 2. The van der Waals surface area contributed by atoms with Crippen LogP contribution < -0.4 is 15.6 Å². The molecule has 7 nitrogen and oxygen atoms in total. The van der Waals surface area contributed by atoms with E-state index in [0.717, 1.165) is 19.0 Å². The second-order valence-electron chi connectivity index (χ2n) is 7.31. The normalized spacial score (nSPS) is 15.1. The third kappa shape index (κ3) is 5.60. The summed E-state index contributed by atoms with van der Waals surface area (Å²) >= 11 is 5.85. The summed E-state index contributed by atoms with van der Waals surface area (Å²) in [6.07, 6.45) is 3.78. The molecule has 2 heterocycles. The Morgan fingerprint density at radius 3 is 2.48 bits per heavy atom. The van der Waals surface area contributed by atoms with Crippen LogP contribution in [0.1, 0.15) is 42.8 Å². The Morgan fingerprint density at radius 2 is 1.83 bits per heavy atom. The van der Waals surface area contributed by atoms with E-state index in [-0.39, 0.29) is 11.8 Å². The van der Waals surface area contributed by atoms with Crippen molar-refractivity contribution in [1.82, 2.24) is 10.7 Å². The van der Waals surface area contributed by atoms with E-state index in [0.29, 0.717) is 16.3 Å². The maximum atomic E-state index is 12.5. The molecule has 1 aromatic carbocycles. The van der Waals surface area contributed by atoms with Crippen molar-refractivity contribution >= 4 is 35.5 Å². The molecule has 29 heavy (non-hydrogen) atoms. The van der Waals surface area contributed by atoms with Crippen LogP contribution in [0.15, 0.2) is 45.9 Å². The highest BCUT2D eigenvalue weighted by atomic mass is 35.5. The zero-order chi connectivity index (χ0) is 20.8. The SMILES string of the molecule is CC(C)C(NC(=O)c1ccc(Cl)cc1)C(=O)NN=Cc1ccc(N2CCCC2)o1. The number of anilines is 1. The molecule has 1 aromatic heterocycles. The number of carbonyl (C=O) groups is 2. The fourth-order valence-corrected chi connectivity index (χ4v) is 3.23. The minimum absolute atomic E-state index is 0.119. The number of nitrogens with zero attached hydrogens (tertiary/aromatic N) is 2. The third-order valence-corrected chi connectivity index (χ3v) is 4.99. The highest BCUT2D eigenvalue weighted by Crippen LogP contribution is 2.22. The molecule has 1 unspecified atom stereocenters. The van der Waals surface area contributed by atoms with Gasteiger partial charge in [0.15, 0.2) is 5.88 Å². The van der Waals surface area contributed by atoms with Gasteiger partial charge >= 0.3 is 0 Å². The summed E-state index contributed by atoms with van der Waals surface area (Å²) in [6.45, 7) is 5.68. The molecule has 1 saturated heterocycles. The second kappa shape index (κ2) is 9.60. The maximum absolute atomic E-state index is 12.5. The van der Waals surface area contributed by atoms with Crippen LogP contribution in [0.4, 0.5) is 5.88 Å². The lowest BCUT2D eigenvalue weighted by molar-refractivity contribution is -0.123. The van der Waals surface area contributed by atoms with E-state index >= 15 is 0 Å². The Bertz CT molecular complexity index is 870. The predicted octanol–water partition coefficient (Wildman–Crippen LogP) is 3.44. The summed E-state index contributed by atoms with van der Waals surface area (Å²) in [5.74, 6) is 0.501. The monoisotopic (exact) mass is 416 g/mol. The number of carbonyl (C=O) groups excluding carboxylic acids is 2. The lowest BCUT2D eigenvalue weighted by atomic mass is 10.0. The Balaban J connectivity index is 1.57. The van der Waals surface area contributed by atoms with Crippen molar-refractivity contribution in [3.63, 3.8) is 0 Å². The minimum atomic E-state index is -0.730. The molecular weight excluding hydrogens is 392 g/mol. The van der Waals surface area contributed by atoms with E-state index in [1.807, 2.05) is 26.0 Å². The van der Waals surface area contributed by atoms with Crippen molar-refractivity contribution in [3.05, 3.63) is 52.7 Å². The molecule has 0 spiro atoms. The number of rotatable bonds is 7. The van der Waals surface area contributed by atoms with Gasteiger partial charge in [0.1, 0.15) is 11.8 Å². The summed E-state index contributed by atoms with van der Waals surface area (Å²) in [6, 6.07) is 9.46. The molecule has 0 bridgehead atoms. The third-order valence-electron chi connectivity index (χ3n) is 4.74. The summed E-state index contributed by atoms with van der Waals surface area (Å²) in [5, 5.41) is 7.26. The first-order valence-corrected chi connectivity index (χ1v) is 10.1. The maximum Gasteiger partial charge on any atom is 0.262 e. The summed E-state index contributed by atoms with van der Waals surface area (Å²) in [4.78, 5) is 27.1. The fraction of sp³-hybridized carbons (Fsp3) is 0.381. The highest BCUT2D eigenvalue weighted by Gasteiger charge is 2.24. The van der Waals surface area contributed by atoms with E-state index in [1.54, 1.807) is 24.3 Å². The van der Waals surface area contributed by atoms with Gasteiger partial charge in [-0.25, -0.2) is 5.43 Å². The number of hydrogen-bond acceptors (Lipinski definition) is 5. The first-order valence-electron chi connectivity index (χ1n) is 9.68. The molecule has 1 aliphatic heterocycles.